The van der Waals surface area contributed by atoms with Crippen LogP contribution in [-0.2, 0) is 11.2 Å². The van der Waals surface area contributed by atoms with Gasteiger partial charge in [0.2, 0.25) is 5.91 Å². The Bertz CT molecular complexity index is 612. The summed E-state index contributed by atoms with van der Waals surface area (Å²) in [5.74, 6) is -0.145. The van der Waals surface area contributed by atoms with Gasteiger partial charge in [0.15, 0.2) is 0 Å². The number of halogens is 1. The number of rotatable bonds is 2. The Morgan fingerprint density at radius 1 is 1.17 bits per heavy atom. The first-order chi connectivity index (χ1) is 11.0. The van der Waals surface area contributed by atoms with Gasteiger partial charge in [0.1, 0.15) is 5.82 Å². The molecule has 1 aromatic rings. The van der Waals surface area contributed by atoms with Crippen LogP contribution in [0.15, 0.2) is 18.2 Å². The molecule has 0 bridgehead atoms. The Morgan fingerprint density at radius 2 is 1.91 bits per heavy atom. The molecule has 0 radical (unpaired) electrons. The molecule has 2 N–H and O–H groups in total. The maximum Gasteiger partial charge on any atom is 0.315 e. The Morgan fingerprint density at radius 3 is 2.61 bits per heavy atom. The highest BCUT2D eigenvalue weighted by atomic mass is 19.1. The molecule has 1 aromatic carbocycles. The van der Waals surface area contributed by atoms with E-state index in [0.29, 0.717) is 13.1 Å². The Kier molecular flexibility index (Phi) is 4.50. The largest absolute Gasteiger partial charge is 0.343 e. The van der Waals surface area contributed by atoms with Crippen molar-refractivity contribution in [3.05, 3.63) is 35.1 Å². The summed E-state index contributed by atoms with van der Waals surface area (Å²) < 4.78 is 13.2. The average Bonchev–Trinajstić information content (AvgIpc) is 2.89. The van der Waals surface area contributed by atoms with Crippen LogP contribution in [0, 0.1) is 5.82 Å². The Hall–Kier alpha value is -2.11. The van der Waals surface area contributed by atoms with Crippen molar-refractivity contribution in [2.45, 2.75) is 44.7 Å². The van der Waals surface area contributed by atoms with E-state index in [2.05, 4.69) is 10.6 Å². The minimum atomic E-state index is -0.230. The van der Waals surface area contributed by atoms with Gasteiger partial charge in [-0.2, -0.15) is 0 Å². The molecule has 0 spiro atoms. The number of benzene rings is 1. The van der Waals surface area contributed by atoms with Crippen LogP contribution in [0.5, 0.6) is 0 Å². The molecule has 1 atom stereocenters. The minimum Gasteiger partial charge on any atom is -0.343 e. The van der Waals surface area contributed by atoms with Crippen LogP contribution in [0.4, 0.5) is 9.18 Å². The van der Waals surface area contributed by atoms with E-state index in [9.17, 15) is 14.0 Å². The highest BCUT2D eigenvalue weighted by Gasteiger charge is 2.26. The zero-order valence-corrected chi connectivity index (χ0v) is 13.3. The van der Waals surface area contributed by atoms with Gasteiger partial charge in [0.25, 0.3) is 0 Å². The van der Waals surface area contributed by atoms with Crippen molar-refractivity contribution in [2.24, 2.45) is 0 Å². The summed E-state index contributed by atoms with van der Waals surface area (Å²) >= 11 is 0. The number of aryl methyl sites for hydroxylation is 1. The molecule has 3 amide bonds. The number of hydrogen-bond acceptors (Lipinski definition) is 2. The number of nitrogens with zero attached hydrogens (tertiary/aromatic N) is 1. The van der Waals surface area contributed by atoms with Crippen LogP contribution in [0.1, 0.15) is 43.4 Å². The zero-order chi connectivity index (χ0) is 16.4. The fourth-order valence-electron chi connectivity index (χ4n) is 3.46. The third-order valence-corrected chi connectivity index (χ3v) is 4.76. The van der Waals surface area contributed by atoms with E-state index in [4.69, 9.17) is 0 Å². The fourth-order valence-corrected chi connectivity index (χ4v) is 3.46. The number of hydrogen-bond donors (Lipinski definition) is 2. The first-order valence-electron chi connectivity index (χ1n) is 8.14. The van der Waals surface area contributed by atoms with Gasteiger partial charge in [0.05, 0.1) is 6.04 Å². The zero-order valence-electron chi connectivity index (χ0n) is 13.3. The average molecular weight is 319 g/mol. The third kappa shape index (κ3) is 3.63. The van der Waals surface area contributed by atoms with E-state index in [1.165, 1.54) is 6.07 Å². The molecule has 1 aliphatic heterocycles. The fraction of sp³-hybridized carbons (Fsp3) is 0.529. The van der Waals surface area contributed by atoms with Crippen LogP contribution in [0.2, 0.25) is 0 Å². The van der Waals surface area contributed by atoms with E-state index < -0.39 is 0 Å². The number of likely N-dealkylation sites (tertiary alicyclic amines) is 1. The molecular formula is C17H22FN3O2. The molecular weight excluding hydrogens is 297 g/mol. The van der Waals surface area contributed by atoms with Crippen molar-refractivity contribution in [3.8, 4) is 0 Å². The standard InChI is InChI=1S/C17H22FN3O2/c1-11(22)21-8-6-14(7-9-21)19-17(23)20-16-5-2-12-10-13(18)3-4-15(12)16/h3-4,10,14,16H,2,5-9H2,1H3,(H2,19,20,23)/t16-/m1/s1. The van der Waals surface area contributed by atoms with E-state index >= 15 is 0 Å². The molecule has 1 fully saturated rings. The summed E-state index contributed by atoms with van der Waals surface area (Å²) in [5, 5.41) is 5.97. The lowest BCUT2D eigenvalue weighted by Crippen LogP contribution is -2.49. The molecule has 124 valence electrons. The van der Waals surface area contributed by atoms with Gasteiger partial charge >= 0.3 is 6.03 Å². The number of carbonyl (C=O) groups is 2. The summed E-state index contributed by atoms with van der Waals surface area (Å²) in [6.07, 6.45) is 3.14. The second kappa shape index (κ2) is 6.56. The van der Waals surface area contributed by atoms with Gasteiger partial charge < -0.3 is 15.5 Å². The summed E-state index contributed by atoms with van der Waals surface area (Å²) in [5.41, 5.74) is 1.98. The van der Waals surface area contributed by atoms with Crippen LogP contribution >= 0.6 is 0 Å². The number of piperidine rings is 1. The number of amides is 3. The Balaban J connectivity index is 1.51. The van der Waals surface area contributed by atoms with Crippen LogP contribution in [-0.4, -0.2) is 36.0 Å². The number of urea groups is 1. The highest BCUT2D eigenvalue weighted by Crippen LogP contribution is 2.31. The van der Waals surface area contributed by atoms with Gasteiger partial charge in [-0.3, -0.25) is 4.79 Å². The van der Waals surface area contributed by atoms with E-state index in [1.54, 1.807) is 24.0 Å². The molecule has 2 aliphatic rings. The summed E-state index contributed by atoms with van der Waals surface area (Å²) in [6, 6.07) is 4.60. The molecule has 3 rings (SSSR count). The van der Waals surface area contributed by atoms with Crippen LogP contribution in [0.25, 0.3) is 0 Å². The molecule has 1 aliphatic carbocycles. The maximum atomic E-state index is 13.2. The first-order valence-corrected chi connectivity index (χ1v) is 8.14. The second-order valence-electron chi connectivity index (χ2n) is 6.33. The van der Waals surface area contributed by atoms with Crippen molar-refractivity contribution >= 4 is 11.9 Å². The quantitative estimate of drug-likeness (QED) is 0.877. The molecule has 1 heterocycles. The number of carbonyl (C=O) groups excluding carboxylic acids is 2. The molecule has 0 aromatic heterocycles. The third-order valence-electron chi connectivity index (χ3n) is 4.76. The molecule has 0 unspecified atom stereocenters. The smallest absolute Gasteiger partial charge is 0.315 e. The van der Waals surface area contributed by atoms with Gasteiger partial charge in [0, 0.05) is 26.1 Å². The normalized spacial score (nSPS) is 21.0. The number of nitrogens with one attached hydrogen (secondary N) is 2. The topological polar surface area (TPSA) is 61.4 Å². The van der Waals surface area contributed by atoms with E-state index in [0.717, 1.165) is 36.8 Å². The summed E-state index contributed by atoms with van der Waals surface area (Å²) in [6.45, 7) is 2.94. The molecule has 0 saturated carbocycles. The molecule has 6 heteroatoms. The van der Waals surface area contributed by atoms with Gasteiger partial charge in [-0.15, -0.1) is 0 Å². The molecule has 1 saturated heterocycles. The van der Waals surface area contributed by atoms with Crippen LogP contribution < -0.4 is 10.6 Å². The van der Waals surface area contributed by atoms with Crippen molar-refractivity contribution in [1.29, 1.82) is 0 Å². The van der Waals surface area contributed by atoms with Gasteiger partial charge in [-0.05, 0) is 48.9 Å². The minimum absolute atomic E-state index is 0.0529. The van der Waals surface area contributed by atoms with Gasteiger partial charge in [-0.25, -0.2) is 9.18 Å². The van der Waals surface area contributed by atoms with Gasteiger partial charge in [-0.1, -0.05) is 6.07 Å². The SMILES string of the molecule is CC(=O)N1CCC(NC(=O)N[C@@H]2CCc3cc(F)ccc32)CC1. The van der Waals surface area contributed by atoms with E-state index in [1.807, 2.05) is 0 Å². The summed E-state index contributed by atoms with van der Waals surface area (Å²) in [4.78, 5) is 25.3. The lowest BCUT2D eigenvalue weighted by molar-refractivity contribution is -0.129. The van der Waals surface area contributed by atoms with Crippen LogP contribution in [0.3, 0.4) is 0 Å². The van der Waals surface area contributed by atoms with Crippen molar-refractivity contribution in [1.82, 2.24) is 15.5 Å². The maximum absolute atomic E-state index is 13.2. The van der Waals surface area contributed by atoms with Crippen molar-refractivity contribution in [3.63, 3.8) is 0 Å². The Labute approximate surface area is 135 Å². The monoisotopic (exact) mass is 319 g/mol. The highest BCUT2D eigenvalue weighted by molar-refractivity contribution is 5.75. The van der Waals surface area contributed by atoms with Crippen molar-refractivity contribution in [2.75, 3.05) is 13.1 Å². The van der Waals surface area contributed by atoms with Crippen molar-refractivity contribution < 1.29 is 14.0 Å². The van der Waals surface area contributed by atoms with E-state index in [-0.39, 0.29) is 29.8 Å². The predicted octanol–water partition coefficient (Wildman–Crippen LogP) is 2.12. The molecule has 23 heavy (non-hydrogen) atoms. The summed E-state index contributed by atoms with van der Waals surface area (Å²) in [7, 11) is 0. The number of fused-ring (bicyclic) bond motifs is 1. The second-order valence-corrected chi connectivity index (χ2v) is 6.33. The lowest BCUT2D eigenvalue weighted by Gasteiger charge is -2.32. The predicted molar refractivity (Wildman–Crippen MR) is 84.4 cm³/mol. The first kappa shape index (κ1) is 15.8. The lowest BCUT2D eigenvalue weighted by atomic mass is 10.1. The molecule has 5 nitrogen and oxygen atoms in total.